The molecule has 0 unspecified atom stereocenters. The number of amides is 1. The molecule has 0 atom stereocenters. The normalized spacial score (nSPS) is 13.8. The van der Waals surface area contributed by atoms with Gasteiger partial charge in [-0.05, 0) is 55.3 Å². The number of hydrogen-bond donors (Lipinski definition) is 0. The van der Waals surface area contributed by atoms with E-state index in [0.29, 0.717) is 35.0 Å². The molecule has 1 aliphatic rings. The van der Waals surface area contributed by atoms with Crippen LogP contribution in [0.3, 0.4) is 0 Å². The minimum absolute atomic E-state index is 0.270. The number of carbonyl (C=O) groups excluding carboxylic acids is 2. The lowest BCUT2D eigenvalue weighted by atomic mass is 10.1. The van der Waals surface area contributed by atoms with Gasteiger partial charge in [0.25, 0.3) is 0 Å². The van der Waals surface area contributed by atoms with E-state index in [4.69, 9.17) is 16.3 Å². The smallest absolute Gasteiger partial charge is 0.338 e. The second kappa shape index (κ2) is 15.4. The summed E-state index contributed by atoms with van der Waals surface area (Å²) in [6.45, 7) is 7.71. The third-order valence-electron chi connectivity index (χ3n) is 6.53. The number of benzene rings is 2. The fraction of sp³-hybridized carbons (Fsp3) is 0.517. The molecule has 1 amide bonds. The number of rotatable bonds is 13. The molecule has 1 heterocycles. The molecule has 0 spiro atoms. The van der Waals surface area contributed by atoms with E-state index < -0.39 is 0 Å². The number of esters is 1. The molecule has 0 aliphatic carbocycles. The highest BCUT2D eigenvalue weighted by Gasteiger charge is 2.21. The van der Waals surface area contributed by atoms with Crippen molar-refractivity contribution in [3.05, 3.63) is 53.1 Å². The van der Waals surface area contributed by atoms with Crippen LogP contribution >= 0.6 is 11.6 Å². The highest BCUT2D eigenvalue weighted by Crippen LogP contribution is 2.31. The van der Waals surface area contributed by atoms with Gasteiger partial charge in [0, 0.05) is 38.3 Å². The summed E-state index contributed by atoms with van der Waals surface area (Å²) >= 11 is 6.51. The minimum Gasteiger partial charge on any atom is -0.462 e. The van der Waals surface area contributed by atoms with Gasteiger partial charge in [0.05, 0.1) is 22.9 Å². The minimum atomic E-state index is -0.330. The van der Waals surface area contributed by atoms with Crippen molar-refractivity contribution in [1.82, 2.24) is 4.90 Å². The first-order valence-corrected chi connectivity index (χ1v) is 13.9. The van der Waals surface area contributed by atoms with E-state index in [1.165, 1.54) is 19.3 Å². The fourth-order valence-corrected chi connectivity index (χ4v) is 4.41. The van der Waals surface area contributed by atoms with Crippen molar-refractivity contribution in [3.8, 4) is 0 Å². The fourth-order valence-electron chi connectivity index (χ4n) is 4.19. The number of azo groups is 1. The van der Waals surface area contributed by atoms with Crippen LogP contribution in [0.15, 0.2) is 52.7 Å². The lowest BCUT2D eigenvalue weighted by molar-refractivity contribution is -0.131. The van der Waals surface area contributed by atoms with Crippen molar-refractivity contribution in [2.24, 2.45) is 10.2 Å². The summed E-state index contributed by atoms with van der Waals surface area (Å²) in [6.07, 6.45) is 8.30. The van der Waals surface area contributed by atoms with Gasteiger partial charge in [0.2, 0.25) is 5.91 Å². The van der Waals surface area contributed by atoms with Crippen LogP contribution in [0.2, 0.25) is 5.02 Å². The first-order chi connectivity index (χ1) is 18.0. The molecule has 2 aromatic carbocycles. The molecule has 1 aliphatic heterocycles. The summed E-state index contributed by atoms with van der Waals surface area (Å²) < 4.78 is 5.23. The number of unbranched alkanes of at least 4 members (excludes halogenated alkanes) is 5. The van der Waals surface area contributed by atoms with Gasteiger partial charge < -0.3 is 14.5 Å². The molecule has 1 saturated heterocycles. The van der Waals surface area contributed by atoms with Gasteiger partial charge in [-0.15, -0.1) is 5.11 Å². The number of anilines is 1. The lowest BCUT2D eigenvalue weighted by Crippen LogP contribution is -2.48. The Balaban J connectivity index is 1.48. The maximum absolute atomic E-state index is 12.5. The van der Waals surface area contributed by atoms with Gasteiger partial charge >= 0.3 is 5.97 Å². The number of piperazine rings is 1. The molecular formula is C29H39ClN4O3. The van der Waals surface area contributed by atoms with Crippen molar-refractivity contribution < 1.29 is 14.3 Å². The van der Waals surface area contributed by atoms with Gasteiger partial charge in [-0.25, -0.2) is 4.79 Å². The summed E-state index contributed by atoms with van der Waals surface area (Å²) in [5.41, 5.74) is 2.70. The van der Waals surface area contributed by atoms with E-state index >= 15 is 0 Å². The van der Waals surface area contributed by atoms with Crippen molar-refractivity contribution in [1.29, 1.82) is 0 Å². The first-order valence-electron chi connectivity index (χ1n) is 13.5. The van der Waals surface area contributed by atoms with Crippen LogP contribution in [0, 0.1) is 0 Å². The number of ether oxygens (including phenoxy) is 1. The van der Waals surface area contributed by atoms with Gasteiger partial charge in [-0.1, -0.05) is 57.6 Å². The topological polar surface area (TPSA) is 74.6 Å². The Hall–Kier alpha value is -2.93. The molecule has 7 nitrogen and oxygen atoms in total. The Labute approximate surface area is 225 Å². The number of nitrogens with zero attached hydrogens (tertiary/aromatic N) is 4. The highest BCUT2D eigenvalue weighted by atomic mass is 35.5. The summed E-state index contributed by atoms with van der Waals surface area (Å²) in [5.74, 6) is -0.0606. The van der Waals surface area contributed by atoms with Crippen molar-refractivity contribution in [2.75, 3.05) is 37.7 Å². The van der Waals surface area contributed by atoms with Crippen molar-refractivity contribution in [3.63, 3.8) is 0 Å². The largest absolute Gasteiger partial charge is 0.462 e. The average molecular weight is 527 g/mol. The molecule has 1 fully saturated rings. The first kappa shape index (κ1) is 28.6. The molecule has 0 aromatic heterocycles. The third kappa shape index (κ3) is 9.15. The number of carbonyl (C=O) groups is 2. The zero-order valence-electron chi connectivity index (χ0n) is 22.1. The standard InChI is InChI=1S/C29H39ClN4O3/c1-3-5-7-8-9-10-28(35)34-19-17-33(18-20-34)25-15-16-27(26(30)22-25)32-31-24-13-11-23(12-14-24)29(36)37-21-6-4-2/h11-16,22H,3-10,17-21H2,1-2H3. The van der Waals surface area contributed by atoms with Crippen LogP contribution in [0.4, 0.5) is 17.1 Å². The Morgan fingerprint density at radius 1 is 0.865 bits per heavy atom. The van der Waals surface area contributed by atoms with E-state index in [2.05, 4.69) is 29.0 Å². The molecule has 37 heavy (non-hydrogen) atoms. The van der Waals surface area contributed by atoms with Crippen LogP contribution < -0.4 is 4.90 Å². The van der Waals surface area contributed by atoms with Gasteiger partial charge in [-0.2, -0.15) is 5.11 Å². The predicted molar refractivity (Wildman–Crippen MR) is 149 cm³/mol. The molecule has 0 bridgehead atoms. The van der Waals surface area contributed by atoms with Crippen LogP contribution in [0.1, 0.15) is 75.6 Å². The SMILES string of the molecule is CCCCCCCC(=O)N1CCN(c2ccc(N=Nc3ccc(C(=O)OCCCC)cc3)c(Cl)c2)CC1. The summed E-state index contributed by atoms with van der Waals surface area (Å²) in [6, 6.07) is 12.6. The quantitative estimate of drug-likeness (QED) is 0.152. The summed E-state index contributed by atoms with van der Waals surface area (Å²) in [7, 11) is 0. The van der Waals surface area contributed by atoms with Crippen molar-refractivity contribution in [2.45, 2.75) is 65.2 Å². The van der Waals surface area contributed by atoms with Crippen LogP contribution in [-0.4, -0.2) is 49.6 Å². The van der Waals surface area contributed by atoms with Crippen LogP contribution in [-0.2, 0) is 9.53 Å². The van der Waals surface area contributed by atoms with E-state index in [0.717, 1.165) is 57.5 Å². The lowest BCUT2D eigenvalue weighted by Gasteiger charge is -2.36. The maximum atomic E-state index is 12.5. The molecule has 8 heteroatoms. The van der Waals surface area contributed by atoms with E-state index in [9.17, 15) is 9.59 Å². The van der Waals surface area contributed by atoms with Gasteiger partial charge in [0.15, 0.2) is 0 Å². The molecule has 3 rings (SSSR count). The zero-order chi connectivity index (χ0) is 26.5. The summed E-state index contributed by atoms with van der Waals surface area (Å²) in [5, 5.41) is 9.06. The van der Waals surface area contributed by atoms with E-state index in [1.807, 2.05) is 23.1 Å². The summed E-state index contributed by atoms with van der Waals surface area (Å²) in [4.78, 5) is 28.8. The monoisotopic (exact) mass is 526 g/mol. The average Bonchev–Trinajstić information content (AvgIpc) is 2.92. The Bertz CT molecular complexity index is 1030. The molecule has 2 aromatic rings. The van der Waals surface area contributed by atoms with Crippen molar-refractivity contribution >= 4 is 40.5 Å². The van der Waals surface area contributed by atoms with E-state index in [1.54, 1.807) is 24.3 Å². The second-order valence-corrected chi connectivity index (χ2v) is 9.81. The molecule has 0 saturated carbocycles. The Morgan fingerprint density at radius 2 is 1.57 bits per heavy atom. The number of hydrogen-bond acceptors (Lipinski definition) is 6. The van der Waals surface area contributed by atoms with Crippen LogP contribution in [0.25, 0.3) is 0 Å². The number of halogens is 1. The maximum Gasteiger partial charge on any atom is 0.338 e. The third-order valence-corrected chi connectivity index (χ3v) is 6.83. The second-order valence-electron chi connectivity index (χ2n) is 9.40. The molecule has 0 N–H and O–H groups in total. The molecular weight excluding hydrogens is 488 g/mol. The molecule has 200 valence electrons. The predicted octanol–water partition coefficient (Wildman–Crippen LogP) is 7.72. The van der Waals surface area contributed by atoms with Gasteiger partial charge in [0.1, 0.15) is 5.69 Å². The van der Waals surface area contributed by atoms with Gasteiger partial charge in [-0.3, -0.25) is 4.79 Å². The Morgan fingerprint density at radius 3 is 2.24 bits per heavy atom. The zero-order valence-corrected chi connectivity index (χ0v) is 22.9. The Kier molecular flexibility index (Phi) is 11.9. The van der Waals surface area contributed by atoms with Crippen LogP contribution in [0.5, 0.6) is 0 Å². The molecule has 0 radical (unpaired) electrons. The highest BCUT2D eigenvalue weighted by molar-refractivity contribution is 6.33. The van der Waals surface area contributed by atoms with E-state index in [-0.39, 0.29) is 11.9 Å².